The maximum atomic E-state index is 4.94. The first-order valence-electron chi connectivity index (χ1n) is 9.74. The summed E-state index contributed by atoms with van der Waals surface area (Å²) >= 11 is 1.72. The van der Waals surface area contributed by atoms with E-state index in [4.69, 9.17) is 4.98 Å². The molecule has 4 nitrogen and oxygen atoms in total. The number of pyridine rings is 1. The van der Waals surface area contributed by atoms with Gasteiger partial charge in [-0.2, -0.15) is 0 Å². The third-order valence-electron chi connectivity index (χ3n) is 5.72. The van der Waals surface area contributed by atoms with Gasteiger partial charge in [0.15, 0.2) is 0 Å². The predicted molar refractivity (Wildman–Crippen MR) is 113 cm³/mol. The van der Waals surface area contributed by atoms with Crippen molar-refractivity contribution in [2.45, 2.75) is 19.3 Å². The maximum absolute atomic E-state index is 4.94. The molecule has 0 radical (unpaired) electrons. The lowest BCUT2D eigenvalue weighted by Gasteiger charge is -2.33. The highest BCUT2D eigenvalue weighted by Crippen LogP contribution is 2.32. The molecule has 0 saturated carbocycles. The Morgan fingerprint density at radius 2 is 1.78 bits per heavy atom. The van der Waals surface area contributed by atoms with Crippen LogP contribution in [0.3, 0.4) is 0 Å². The molecular formula is C22H24N4S. The largest absolute Gasteiger partial charge is 0.354 e. The van der Waals surface area contributed by atoms with Gasteiger partial charge < -0.3 is 9.80 Å². The molecule has 1 aliphatic heterocycles. The molecule has 1 saturated heterocycles. The van der Waals surface area contributed by atoms with Crippen molar-refractivity contribution in [2.24, 2.45) is 0 Å². The lowest BCUT2D eigenvalue weighted by Crippen LogP contribution is -2.44. The molecule has 1 aromatic carbocycles. The normalized spacial score (nSPS) is 17.3. The van der Waals surface area contributed by atoms with Gasteiger partial charge in [0.2, 0.25) is 0 Å². The quantitative estimate of drug-likeness (QED) is 0.688. The van der Waals surface area contributed by atoms with Crippen LogP contribution in [0.2, 0.25) is 0 Å². The third-order valence-corrected chi connectivity index (χ3v) is 6.61. The van der Waals surface area contributed by atoms with Crippen LogP contribution in [0.5, 0.6) is 0 Å². The second-order valence-electron chi connectivity index (χ2n) is 7.57. The number of rotatable bonds is 3. The average Bonchev–Trinajstić information content (AvgIpc) is 3.37. The van der Waals surface area contributed by atoms with E-state index in [1.54, 1.807) is 11.3 Å². The molecule has 138 valence electrons. The molecule has 3 aromatic rings. The Morgan fingerprint density at radius 3 is 2.67 bits per heavy atom. The molecule has 1 fully saturated rings. The Labute approximate surface area is 164 Å². The van der Waals surface area contributed by atoms with Gasteiger partial charge in [0, 0.05) is 48.9 Å². The standard InChI is InChI=1S/C22H24N4S/c1-25-9-11-26(12-10-25)21-14-19(7-8-23-21)22-24-20(15-27-22)18-6-5-16-3-2-4-17(16)13-18/h5-8,13-15H,2-4,9-12H2,1H3. The Balaban J connectivity index is 1.40. The van der Waals surface area contributed by atoms with Crippen molar-refractivity contribution in [3.8, 4) is 21.8 Å². The fourth-order valence-corrected chi connectivity index (χ4v) is 4.86. The van der Waals surface area contributed by atoms with Crippen molar-refractivity contribution in [2.75, 3.05) is 38.1 Å². The number of nitrogens with zero attached hydrogens (tertiary/aromatic N) is 4. The van der Waals surface area contributed by atoms with E-state index in [0.717, 1.165) is 48.3 Å². The first-order valence-corrected chi connectivity index (χ1v) is 10.6. The van der Waals surface area contributed by atoms with Gasteiger partial charge in [0.25, 0.3) is 0 Å². The lowest BCUT2D eigenvalue weighted by atomic mass is 10.1. The van der Waals surface area contributed by atoms with Gasteiger partial charge in [-0.25, -0.2) is 9.97 Å². The Hall–Kier alpha value is -2.24. The van der Waals surface area contributed by atoms with Crippen molar-refractivity contribution in [3.05, 3.63) is 53.0 Å². The van der Waals surface area contributed by atoms with E-state index in [9.17, 15) is 0 Å². The fraction of sp³-hybridized carbons (Fsp3) is 0.364. The number of aryl methyl sites for hydroxylation is 2. The van der Waals surface area contributed by atoms with Crippen LogP contribution < -0.4 is 4.90 Å². The minimum atomic E-state index is 1.03. The molecule has 2 aromatic heterocycles. The fourth-order valence-electron chi connectivity index (χ4n) is 4.03. The number of piperazine rings is 1. The highest BCUT2D eigenvalue weighted by Gasteiger charge is 2.17. The van der Waals surface area contributed by atoms with Gasteiger partial charge in [-0.15, -0.1) is 11.3 Å². The number of benzene rings is 1. The van der Waals surface area contributed by atoms with Crippen molar-refractivity contribution in [1.82, 2.24) is 14.9 Å². The molecule has 5 rings (SSSR count). The van der Waals surface area contributed by atoms with Crippen LogP contribution in [0.15, 0.2) is 41.9 Å². The zero-order valence-electron chi connectivity index (χ0n) is 15.7. The summed E-state index contributed by atoms with van der Waals surface area (Å²) in [7, 11) is 2.18. The van der Waals surface area contributed by atoms with Crippen LogP contribution in [0.25, 0.3) is 21.8 Å². The minimum absolute atomic E-state index is 1.03. The van der Waals surface area contributed by atoms with Gasteiger partial charge in [-0.1, -0.05) is 12.1 Å². The summed E-state index contributed by atoms with van der Waals surface area (Å²) in [5, 5.41) is 3.25. The van der Waals surface area contributed by atoms with E-state index >= 15 is 0 Å². The molecule has 0 N–H and O–H groups in total. The highest BCUT2D eigenvalue weighted by atomic mass is 32.1. The second-order valence-corrected chi connectivity index (χ2v) is 8.43. The summed E-state index contributed by atoms with van der Waals surface area (Å²) < 4.78 is 0. The lowest BCUT2D eigenvalue weighted by molar-refractivity contribution is 0.312. The van der Waals surface area contributed by atoms with Gasteiger partial charge in [0.1, 0.15) is 10.8 Å². The van der Waals surface area contributed by atoms with E-state index < -0.39 is 0 Å². The van der Waals surface area contributed by atoms with Gasteiger partial charge in [0.05, 0.1) is 5.69 Å². The summed E-state index contributed by atoms with van der Waals surface area (Å²) in [6.45, 7) is 4.24. The third kappa shape index (κ3) is 3.37. The average molecular weight is 377 g/mol. The smallest absolute Gasteiger partial charge is 0.129 e. The number of hydrogen-bond donors (Lipinski definition) is 0. The van der Waals surface area contributed by atoms with E-state index in [0.29, 0.717) is 0 Å². The van der Waals surface area contributed by atoms with Crippen molar-refractivity contribution >= 4 is 17.2 Å². The molecule has 5 heteroatoms. The summed E-state index contributed by atoms with van der Waals surface area (Å²) in [6, 6.07) is 11.1. The Bertz CT molecular complexity index is 956. The summed E-state index contributed by atoms with van der Waals surface area (Å²) in [5.74, 6) is 1.06. The number of aromatic nitrogens is 2. The first kappa shape index (κ1) is 16.9. The first-order chi connectivity index (χ1) is 13.3. The van der Waals surface area contributed by atoms with Gasteiger partial charge >= 0.3 is 0 Å². The SMILES string of the molecule is CN1CCN(c2cc(-c3nc(-c4ccc5c(c4)CCC5)cs3)ccn2)CC1. The molecule has 0 atom stereocenters. The van der Waals surface area contributed by atoms with Gasteiger partial charge in [-0.3, -0.25) is 0 Å². The van der Waals surface area contributed by atoms with Crippen molar-refractivity contribution in [3.63, 3.8) is 0 Å². The minimum Gasteiger partial charge on any atom is -0.354 e. The molecule has 27 heavy (non-hydrogen) atoms. The summed E-state index contributed by atoms with van der Waals surface area (Å²) in [5.41, 5.74) is 6.51. The zero-order valence-corrected chi connectivity index (χ0v) is 16.5. The van der Waals surface area contributed by atoms with Crippen LogP contribution in [0.1, 0.15) is 17.5 Å². The monoisotopic (exact) mass is 376 g/mol. The van der Waals surface area contributed by atoms with Crippen molar-refractivity contribution < 1.29 is 0 Å². The molecule has 0 unspecified atom stereocenters. The molecule has 0 bridgehead atoms. The van der Waals surface area contributed by atoms with E-state index in [2.05, 4.69) is 57.5 Å². The number of hydrogen-bond acceptors (Lipinski definition) is 5. The van der Waals surface area contributed by atoms with Crippen LogP contribution in [-0.4, -0.2) is 48.1 Å². The molecule has 3 heterocycles. The molecule has 2 aliphatic rings. The number of thiazole rings is 1. The number of likely N-dealkylation sites (N-methyl/N-ethyl adjacent to an activating group) is 1. The van der Waals surface area contributed by atoms with Gasteiger partial charge in [-0.05, 0) is 55.6 Å². The van der Waals surface area contributed by atoms with E-state index in [-0.39, 0.29) is 0 Å². The molecule has 0 spiro atoms. The Morgan fingerprint density at radius 1 is 0.926 bits per heavy atom. The van der Waals surface area contributed by atoms with E-state index in [1.165, 1.54) is 36.0 Å². The summed E-state index contributed by atoms with van der Waals surface area (Å²) in [6.07, 6.45) is 5.63. The highest BCUT2D eigenvalue weighted by molar-refractivity contribution is 7.13. The predicted octanol–water partition coefficient (Wildman–Crippen LogP) is 4.11. The van der Waals surface area contributed by atoms with Crippen LogP contribution in [0, 0.1) is 0 Å². The molecule has 1 aliphatic carbocycles. The molecule has 0 amide bonds. The van der Waals surface area contributed by atoms with E-state index in [1.807, 2.05) is 6.20 Å². The van der Waals surface area contributed by atoms with Crippen molar-refractivity contribution in [1.29, 1.82) is 0 Å². The second kappa shape index (κ2) is 7.06. The Kier molecular flexibility index (Phi) is 4.42. The molecular weight excluding hydrogens is 352 g/mol. The maximum Gasteiger partial charge on any atom is 0.129 e. The topological polar surface area (TPSA) is 32.3 Å². The van der Waals surface area contributed by atoms with Crippen LogP contribution in [-0.2, 0) is 12.8 Å². The van der Waals surface area contributed by atoms with Crippen LogP contribution in [0.4, 0.5) is 5.82 Å². The number of fused-ring (bicyclic) bond motifs is 1. The zero-order chi connectivity index (χ0) is 18.2. The van der Waals surface area contributed by atoms with Crippen LogP contribution >= 0.6 is 11.3 Å². The number of anilines is 1. The summed E-state index contributed by atoms with van der Waals surface area (Å²) in [4.78, 5) is 14.3.